The molecule has 0 spiro atoms. The summed E-state index contributed by atoms with van der Waals surface area (Å²) in [6, 6.07) is 10.8. The zero-order valence-electron chi connectivity index (χ0n) is 12.1. The van der Waals surface area contributed by atoms with E-state index in [1.54, 1.807) is 18.2 Å². The lowest BCUT2D eigenvalue weighted by molar-refractivity contribution is 0.600. The van der Waals surface area contributed by atoms with E-state index < -0.39 is 10.0 Å². The molecule has 0 aliphatic rings. The molecule has 2 aromatic rings. The largest absolute Gasteiger partial charge is 0.326 e. The van der Waals surface area contributed by atoms with Crippen LogP contribution >= 0.6 is 0 Å². The van der Waals surface area contributed by atoms with E-state index in [-0.39, 0.29) is 5.75 Å². The number of hydrogen-bond acceptors (Lipinski definition) is 4. The van der Waals surface area contributed by atoms with Crippen LogP contribution in [0.15, 0.2) is 36.4 Å². The molecule has 0 fully saturated rings. The highest BCUT2D eigenvalue weighted by Gasteiger charge is 2.13. The fourth-order valence-electron chi connectivity index (χ4n) is 2.08. The molecule has 6 heteroatoms. The van der Waals surface area contributed by atoms with Gasteiger partial charge < -0.3 is 5.73 Å². The number of anilines is 1. The van der Waals surface area contributed by atoms with Crippen LogP contribution in [-0.4, -0.2) is 13.4 Å². The molecular weight excluding hydrogens is 286 g/mol. The Kier molecular flexibility index (Phi) is 4.59. The predicted molar refractivity (Wildman–Crippen MR) is 84.3 cm³/mol. The highest BCUT2D eigenvalue weighted by atomic mass is 32.2. The molecule has 112 valence electrons. The smallest absolute Gasteiger partial charge is 0.238 e. The van der Waals surface area contributed by atoms with E-state index >= 15 is 0 Å². The van der Waals surface area contributed by atoms with Crippen LogP contribution in [0.25, 0.3) is 0 Å². The molecule has 1 aromatic heterocycles. The van der Waals surface area contributed by atoms with Gasteiger partial charge >= 0.3 is 0 Å². The van der Waals surface area contributed by atoms with Crippen molar-refractivity contribution >= 4 is 15.8 Å². The number of rotatable bonds is 5. The molecule has 0 radical (unpaired) electrons. The van der Waals surface area contributed by atoms with Gasteiger partial charge in [0.1, 0.15) is 5.82 Å². The monoisotopic (exact) mass is 305 g/mol. The van der Waals surface area contributed by atoms with Crippen LogP contribution in [-0.2, 0) is 22.3 Å². The summed E-state index contributed by atoms with van der Waals surface area (Å²) in [7, 11) is -3.48. The molecule has 0 saturated heterocycles. The van der Waals surface area contributed by atoms with Crippen molar-refractivity contribution < 1.29 is 8.42 Å². The third-order valence-corrected chi connectivity index (χ3v) is 4.21. The highest BCUT2D eigenvalue weighted by molar-refractivity contribution is 7.91. The van der Waals surface area contributed by atoms with Crippen molar-refractivity contribution in [1.82, 2.24) is 4.98 Å². The van der Waals surface area contributed by atoms with Gasteiger partial charge in [0, 0.05) is 12.2 Å². The summed E-state index contributed by atoms with van der Waals surface area (Å²) in [6.45, 7) is 4.17. The van der Waals surface area contributed by atoms with E-state index in [1.165, 1.54) is 0 Å². The zero-order valence-corrected chi connectivity index (χ0v) is 12.9. The molecule has 5 nitrogen and oxygen atoms in total. The number of hydrogen-bond donors (Lipinski definition) is 2. The summed E-state index contributed by atoms with van der Waals surface area (Å²) in [5, 5.41) is 0. The quantitative estimate of drug-likeness (QED) is 0.886. The maximum absolute atomic E-state index is 12.2. The number of aryl methyl sites for hydroxylation is 2. The van der Waals surface area contributed by atoms with Gasteiger partial charge in [0.25, 0.3) is 0 Å². The van der Waals surface area contributed by atoms with E-state index in [9.17, 15) is 8.42 Å². The van der Waals surface area contributed by atoms with Gasteiger partial charge in [-0.2, -0.15) is 0 Å². The first-order valence-electron chi connectivity index (χ1n) is 6.61. The molecule has 3 N–H and O–H groups in total. The second kappa shape index (κ2) is 6.24. The van der Waals surface area contributed by atoms with Gasteiger partial charge in [-0.15, -0.1) is 0 Å². The van der Waals surface area contributed by atoms with E-state index in [0.717, 1.165) is 16.8 Å². The fourth-order valence-corrected chi connectivity index (χ4v) is 3.21. The number of nitrogens with two attached hydrogens (primary N) is 1. The molecule has 0 atom stereocenters. The molecule has 1 heterocycles. The molecule has 0 aliphatic heterocycles. The van der Waals surface area contributed by atoms with Crippen molar-refractivity contribution in [3.8, 4) is 0 Å². The van der Waals surface area contributed by atoms with Crippen molar-refractivity contribution in [2.45, 2.75) is 26.1 Å². The minimum absolute atomic E-state index is 0.0908. The van der Waals surface area contributed by atoms with Crippen molar-refractivity contribution in [2.75, 3.05) is 4.72 Å². The van der Waals surface area contributed by atoms with Crippen molar-refractivity contribution in [3.63, 3.8) is 0 Å². The van der Waals surface area contributed by atoms with Gasteiger partial charge in [-0.25, -0.2) is 13.4 Å². The average molecular weight is 305 g/mol. The highest BCUT2D eigenvalue weighted by Crippen LogP contribution is 2.14. The molecule has 21 heavy (non-hydrogen) atoms. The molecule has 0 bridgehead atoms. The van der Waals surface area contributed by atoms with E-state index in [4.69, 9.17) is 5.73 Å². The standard InChI is InChI=1S/C15H19N3O2S/c1-11-7-12(2)17-15(8-11)18-21(19,20)10-14-5-3-13(9-16)4-6-14/h3-8H,9-10,16H2,1-2H3,(H,17,18). The molecule has 0 aliphatic carbocycles. The number of benzene rings is 1. The third kappa shape index (κ3) is 4.54. The molecule has 0 unspecified atom stereocenters. The van der Waals surface area contributed by atoms with E-state index in [1.807, 2.05) is 32.0 Å². The minimum Gasteiger partial charge on any atom is -0.326 e. The van der Waals surface area contributed by atoms with Crippen molar-refractivity contribution in [2.24, 2.45) is 5.73 Å². The van der Waals surface area contributed by atoms with Gasteiger partial charge in [0.05, 0.1) is 5.75 Å². The van der Waals surface area contributed by atoms with Gasteiger partial charge in [-0.1, -0.05) is 24.3 Å². The second-order valence-corrected chi connectivity index (χ2v) is 6.78. The first-order valence-corrected chi connectivity index (χ1v) is 8.27. The maximum Gasteiger partial charge on any atom is 0.238 e. The number of sulfonamides is 1. The Bertz CT molecular complexity index is 705. The summed E-state index contributed by atoms with van der Waals surface area (Å²) < 4.78 is 26.9. The fraction of sp³-hybridized carbons (Fsp3) is 0.267. The number of aromatic nitrogens is 1. The van der Waals surface area contributed by atoms with Gasteiger partial charge in [-0.3, -0.25) is 4.72 Å². The Morgan fingerprint density at radius 1 is 1.10 bits per heavy atom. The minimum atomic E-state index is -3.48. The Morgan fingerprint density at radius 3 is 2.29 bits per heavy atom. The first-order chi connectivity index (χ1) is 9.88. The van der Waals surface area contributed by atoms with Crippen LogP contribution < -0.4 is 10.5 Å². The summed E-state index contributed by atoms with van der Waals surface area (Å²) in [6.07, 6.45) is 0. The topological polar surface area (TPSA) is 85.1 Å². The van der Waals surface area contributed by atoms with Crippen LogP contribution in [0.4, 0.5) is 5.82 Å². The molecule has 1 aromatic carbocycles. The van der Waals surface area contributed by atoms with Gasteiger partial charge in [0.2, 0.25) is 10.0 Å². The molecule has 0 saturated carbocycles. The van der Waals surface area contributed by atoms with E-state index in [0.29, 0.717) is 17.9 Å². The lowest BCUT2D eigenvalue weighted by Crippen LogP contribution is -2.16. The summed E-state index contributed by atoms with van der Waals surface area (Å²) >= 11 is 0. The number of nitrogens with one attached hydrogen (secondary N) is 1. The Hall–Kier alpha value is -1.92. The Labute approximate surface area is 125 Å². The predicted octanol–water partition coefficient (Wildman–Crippen LogP) is 2.10. The molecular formula is C15H19N3O2S. The van der Waals surface area contributed by atoms with Crippen LogP contribution in [0.2, 0.25) is 0 Å². The Balaban J connectivity index is 2.14. The molecule has 0 amide bonds. The third-order valence-electron chi connectivity index (χ3n) is 2.97. The lowest BCUT2D eigenvalue weighted by Gasteiger charge is -2.09. The summed E-state index contributed by atoms with van der Waals surface area (Å²) in [5.41, 5.74) is 8.95. The zero-order chi connectivity index (χ0) is 15.5. The normalized spacial score (nSPS) is 11.4. The van der Waals surface area contributed by atoms with Crippen LogP contribution in [0.3, 0.4) is 0 Å². The Morgan fingerprint density at radius 2 is 1.71 bits per heavy atom. The maximum atomic E-state index is 12.2. The lowest BCUT2D eigenvalue weighted by atomic mass is 10.1. The average Bonchev–Trinajstić information content (AvgIpc) is 2.37. The van der Waals surface area contributed by atoms with Crippen molar-refractivity contribution in [3.05, 3.63) is 58.8 Å². The van der Waals surface area contributed by atoms with Gasteiger partial charge in [-0.05, 0) is 42.7 Å². The first kappa shape index (κ1) is 15.5. The summed E-state index contributed by atoms with van der Waals surface area (Å²) in [4.78, 5) is 4.18. The SMILES string of the molecule is Cc1cc(C)nc(NS(=O)(=O)Cc2ccc(CN)cc2)c1. The van der Waals surface area contributed by atoms with Crippen LogP contribution in [0.5, 0.6) is 0 Å². The second-order valence-electron chi connectivity index (χ2n) is 5.05. The van der Waals surface area contributed by atoms with E-state index in [2.05, 4.69) is 9.71 Å². The van der Waals surface area contributed by atoms with Crippen LogP contribution in [0, 0.1) is 13.8 Å². The number of pyridine rings is 1. The number of nitrogens with zero attached hydrogens (tertiary/aromatic N) is 1. The van der Waals surface area contributed by atoms with Crippen molar-refractivity contribution in [1.29, 1.82) is 0 Å². The van der Waals surface area contributed by atoms with Crippen LogP contribution in [0.1, 0.15) is 22.4 Å². The van der Waals surface area contributed by atoms with Gasteiger partial charge in [0.15, 0.2) is 0 Å². The molecule has 2 rings (SSSR count). The summed E-state index contributed by atoms with van der Waals surface area (Å²) in [5.74, 6) is 0.262.